The number of carbonyl (C=O) groups is 1. The summed E-state index contributed by atoms with van der Waals surface area (Å²) in [5, 5.41) is 8.09. The van der Waals surface area contributed by atoms with E-state index in [4.69, 9.17) is 0 Å². The van der Waals surface area contributed by atoms with E-state index < -0.39 is 0 Å². The summed E-state index contributed by atoms with van der Waals surface area (Å²) in [4.78, 5) is 32.3. The summed E-state index contributed by atoms with van der Waals surface area (Å²) in [6.45, 7) is 8.02. The second kappa shape index (κ2) is 8.39. The summed E-state index contributed by atoms with van der Waals surface area (Å²) in [7, 11) is 0. The molecule has 0 aliphatic carbocycles. The zero-order chi connectivity index (χ0) is 22.1. The van der Waals surface area contributed by atoms with Crippen LogP contribution in [-0.4, -0.2) is 31.4 Å². The fourth-order valence-electron chi connectivity index (χ4n) is 3.31. The lowest BCUT2D eigenvalue weighted by Gasteiger charge is -2.10. The number of nitrogens with one attached hydrogen (secondary N) is 2. The minimum Gasteiger partial charge on any atom is -0.325 e. The standard InChI is InChI=1S/C23H23N5O2S/c1-13-7-5-9-18(15(13)3)25-20(29)12-31-23-26-21-17(22(30)27-23)11-24-28(21)19-10-6-8-14(2)16(19)4/h5-11H,12H2,1-4H3,(H,25,29)(H,26,27,30). The van der Waals surface area contributed by atoms with Crippen LogP contribution in [0, 0.1) is 27.7 Å². The summed E-state index contributed by atoms with van der Waals surface area (Å²) in [5.41, 5.74) is 6.19. The van der Waals surface area contributed by atoms with Crippen molar-refractivity contribution in [1.29, 1.82) is 0 Å². The number of amides is 1. The second-order valence-electron chi connectivity index (χ2n) is 7.47. The third-order valence-corrected chi connectivity index (χ3v) is 6.31. The highest BCUT2D eigenvalue weighted by Crippen LogP contribution is 2.22. The van der Waals surface area contributed by atoms with Crippen molar-refractivity contribution in [3.05, 3.63) is 75.2 Å². The molecule has 4 aromatic rings. The Hall–Kier alpha value is -3.39. The third kappa shape index (κ3) is 4.11. The number of H-pyrrole nitrogens is 1. The molecule has 1 amide bonds. The molecule has 0 unspecified atom stereocenters. The largest absolute Gasteiger partial charge is 0.325 e. The molecule has 0 spiro atoms. The molecular formula is C23H23N5O2S. The van der Waals surface area contributed by atoms with Crippen LogP contribution in [0.1, 0.15) is 22.3 Å². The van der Waals surface area contributed by atoms with Crippen molar-refractivity contribution >= 4 is 34.4 Å². The summed E-state index contributed by atoms with van der Waals surface area (Å²) in [5.74, 6) is -0.0381. The molecule has 0 bridgehead atoms. The van der Waals surface area contributed by atoms with Gasteiger partial charge in [-0.2, -0.15) is 5.10 Å². The fraction of sp³-hybridized carbons (Fsp3) is 0.217. The minimum absolute atomic E-state index is 0.124. The smallest absolute Gasteiger partial charge is 0.262 e. The van der Waals surface area contributed by atoms with E-state index in [1.807, 2.05) is 64.1 Å². The van der Waals surface area contributed by atoms with Gasteiger partial charge in [-0.1, -0.05) is 36.0 Å². The Kier molecular flexibility index (Phi) is 5.65. The normalized spacial score (nSPS) is 11.1. The van der Waals surface area contributed by atoms with Crippen molar-refractivity contribution in [2.75, 3.05) is 11.1 Å². The lowest BCUT2D eigenvalue weighted by molar-refractivity contribution is -0.113. The zero-order valence-electron chi connectivity index (χ0n) is 17.8. The Morgan fingerprint density at radius 2 is 1.77 bits per heavy atom. The van der Waals surface area contributed by atoms with Gasteiger partial charge in [-0.3, -0.25) is 9.59 Å². The van der Waals surface area contributed by atoms with E-state index >= 15 is 0 Å². The van der Waals surface area contributed by atoms with E-state index in [1.54, 1.807) is 4.68 Å². The van der Waals surface area contributed by atoms with E-state index in [9.17, 15) is 9.59 Å². The number of anilines is 1. The summed E-state index contributed by atoms with van der Waals surface area (Å²) in [6, 6.07) is 11.7. The Balaban J connectivity index is 1.59. The van der Waals surface area contributed by atoms with Crippen molar-refractivity contribution < 1.29 is 4.79 Å². The Bertz CT molecular complexity index is 1360. The average molecular weight is 434 g/mol. The third-order valence-electron chi connectivity index (χ3n) is 5.44. The molecule has 7 nitrogen and oxygen atoms in total. The van der Waals surface area contributed by atoms with Crippen LogP contribution in [-0.2, 0) is 4.79 Å². The van der Waals surface area contributed by atoms with Crippen LogP contribution in [0.3, 0.4) is 0 Å². The van der Waals surface area contributed by atoms with Gasteiger partial charge in [0.05, 0.1) is 17.6 Å². The summed E-state index contributed by atoms with van der Waals surface area (Å²) in [6.07, 6.45) is 1.52. The molecule has 31 heavy (non-hydrogen) atoms. The minimum atomic E-state index is -0.279. The van der Waals surface area contributed by atoms with Crippen molar-refractivity contribution in [3.8, 4) is 5.69 Å². The van der Waals surface area contributed by atoms with Crippen LogP contribution < -0.4 is 10.9 Å². The predicted molar refractivity (Wildman–Crippen MR) is 124 cm³/mol. The Morgan fingerprint density at radius 3 is 2.55 bits per heavy atom. The molecule has 0 saturated carbocycles. The van der Waals surface area contributed by atoms with Gasteiger partial charge in [0.1, 0.15) is 5.39 Å². The molecule has 2 aromatic heterocycles. The first-order chi connectivity index (χ1) is 14.8. The quantitative estimate of drug-likeness (QED) is 0.366. The first-order valence-corrected chi connectivity index (χ1v) is 10.9. The van der Waals surface area contributed by atoms with Gasteiger partial charge in [0.25, 0.3) is 5.56 Å². The van der Waals surface area contributed by atoms with Gasteiger partial charge in [0.15, 0.2) is 10.8 Å². The number of nitrogens with zero attached hydrogens (tertiary/aromatic N) is 3. The Labute approximate surface area is 183 Å². The van der Waals surface area contributed by atoms with Crippen molar-refractivity contribution in [1.82, 2.24) is 19.7 Å². The molecule has 0 atom stereocenters. The van der Waals surface area contributed by atoms with Crippen molar-refractivity contribution in [3.63, 3.8) is 0 Å². The topological polar surface area (TPSA) is 92.7 Å². The molecule has 0 saturated heterocycles. The van der Waals surface area contributed by atoms with Gasteiger partial charge in [-0.15, -0.1) is 0 Å². The van der Waals surface area contributed by atoms with E-state index in [-0.39, 0.29) is 17.2 Å². The summed E-state index contributed by atoms with van der Waals surface area (Å²) < 4.78 is 1.67. The molecule has 4 rings (SSSR count). The highest BCUT2D eigenvalue weighted by Gasteiger charge is 2.15. The van der Waals surface area contributed by atoms with Crippen LogP contribution in [0.25, 0.3) is 16.7 Å². The highest BCUT2D eigenvalue weighted by atomic mass is 32.2. The second-order valence-corrected chi connectivity index (χ2v) is 8.43. The van der Waals surface area contributed by atoms with E-state index in [1.165, 1.54) is 18.0 Å². The van der Waals surface area contributed by atoms with E-state index in [2.05, 4.69) is 20.4 Å². The maximum absolute atomic E-state index is 12.6. The Morgan fingerprint density at radius 1 is 1.06 bits per heavy atom. The number of carbonyl (C=O) groups excluding carboxylic acids is 1. The number of hydrogen-bond donors (Lipinski definition) is 2. The van der Waals surface area contributed by atoms with E-state index in [0.717, 1.165) is 33.6 Å². The SMILES string of the molecule is Cc1cccc(NC(=O)CSc2nc3c(cnn3-c3cccc(C)c3C)c(=O)[nH]2)c1C. The summed E-state index contributed by atoms with van der Waals surface area (Å²) >= 11 is 1.18. The average Bonchev–Trinajstić information content (AvgIpc) is 3.16. The van der Waals surface area contributed by atoms with Crippen LogP contribution in [0.4, 0.5) is 5.69 Å². The lowest BCUT2D eigenvalue weighted by atomic mass is 10.1. The highest BCUT2D eigenvalue weighted by molar-refractivity contribution is 7.99. The van der Waals surface area contributed by atoms with Gasteiger partial charge >= 0.3 is 0 Å². The van der Waals surface area contributed by atoms with E-state index in [0.29, 0.717) is 16.2 Å². The van der Waals surface area contributed by atoms with Crippen LogP contribution in [0.15, 0.2) is 52.5 Å². The number of rotatable bonds is 5. The number of benzene rings is 2. The molecule has 0 aliphatic heterocycles. The molecule has 0 fully saturated rings. The fourth-order valence-corrected chi connectivity index (χ4v) is 3.97. The maximum Gasteiger partial charge on any atom is 0.262 e. The van der Waals surface area contributed by atoms with Crippen LogP contribution in [0.5, 0.6) is 0 Å². The molecular weight excluding hydrogens is 410 g/mol. The first-order valence-electron chi connectivity index (χ1n) is 9.88. The predicted octanol–water partition coefficient (Wildman–Crippen LogP) is 4.07. The maximum atomic E-state index is 12.6. The number of aromatic nitrogens is 4. The number of fused-ring (bicyclic) bond motifs is 1. The molecule has 158 valence electrons. The van der Waals surface area contributed by atoms with Crippen molar-refractivity contribution in [2.45, 2.75) is 32.9 Å². The molecule has 8 heteroatoms. The number of hydrogen-bond acceptors (Lipinski definition) is 5. The lowest BCUT2D eigenvalue weighted by Crippen LogP contribution is -2.16. The number of aromatic amines is 1. The van der Waals surface area contributed by atoms with Gasteiger partial charge in [0.2, 0.25) is 5.91 Å². The number of aryl methyl sites for hydroxylation is 2. The molecule has 0 radical (unpaired) electrons. The van der Waals surface area contributed by atoms with Crippen molar-refractivity contribution in [2.24, 2.45) is 0 Å². The van der Waals surface area contributed by atoms with Crippen LogP contribution in [0.2, 0.25) is 0 Å². The monoisotopic (exact) mass is 433 g/mol. The van der Waals surface area contributed by atoms with Gasteiger partial charge < -0.3 is 10.3 Å². The van der Waals surface area contributed by atoms with Gasteiger partial charge in [-0.05, 0) is 62.1 Å². The molecule has 0 aliphatic rings. The molecule has 2 N–H and O–H groups in total. The first kappa shape index (κ1) is 20.9. The van der Waals surface area contributed by atoms with Gasteiger partial charge in [-0.25, -0.2) is 9.67 Å². The number of thioether (sulfide) groups is 1. The molecule has 2 heterocycles. The zero-order valence-corrected chi connectivity index (χ0v) is 18.6. The molecule has 2 aromatic carbocycles. The van der Waals surface area contributed by atoms with Crippen LogP contribution >= 0.6 is 11.8 Å². The van der Waals surface area contributed by atoms with Gasteiger partial charge in [0, 0.05) is 5.69 Å².